The van der Waals surface area contributed by atoms with Gasteiger partial charge in [0, 0.05) is 16.3 Å². The molecule has 0 fully saturated rings. The molecule has 19 heavy (non-hydrogen) atoms. The highest BCUT2D eigenvalue weighted by molar-refractivity contribution is 6.31. The van der Waals surface area contributed by atoms with Gasteiger partial charge < -0.3 is 16.2 Å². The summed E-state index contributed by atoms with van der Waals surface area (Å²) in [6, 6.07) is 7.77. The average Bonchev–Trinajstić information content (AvgIpc) is 2.31. The van der Waals surface area contributed by atoms with Gasteiger partial charge in [-0.3, -0.25) is 4.79 Å². The maximum Gasteiger partial charge on any atom is 0.255 e. The quantitative estimate of drug-likeness (QED) is 0.585. The Morgan fingerprint density at radius 3 is 2.63 bits per heavy atom. The molecular formula is C13H10ClFN2O2. The largest absolute Gasteiger partial charge is 0.506 e. The first-order chi connectivity index (χ1) is 8.95. The van der Waals surface area contributed by atoms with Gasteiger partial charge in [0.25, 0.3) is 5.91 Å². The topological polar surface area (TPSA) is 75.4 Å². The molecule has 2 aromatic carbocycles. The average molecular weight is 281 g/mol. The first kappa shape index (κ1) is 13.2. The van der Waals surface area contributed by atoms with Crippen LogP contribution in [0, 0.1) is 5.82 Å². The third-order valence-electron chi connectivity index (χ3n) is 2.41. The number of carbonyl (C=O) groups is 1. The highest BCUT2D eigenvalue weighted by atomic mass is 35.5. The second-order valence-electron chi connectivity index (χ2n) is 3.89. The number of nitrogens with one attached hydrogen (secondary N) is 1. The van der Waals surface area contributed by atoms with Crippen LogP contribution in [0.4, 0.5) is 15.8 Å². The van der Waals surface area contributed by atoms with E-state index < -0.39 is 11.7 Å². The zero-order chi connectivity index (χ0) is 14.0. The van der Waals surface area contributed by atoms with Gasteiger partial charge in [-0.15, -0.1) is 0 Å². The van der Waals surface area contributed by atoms with Gasteiger partial charge in [-0.25, -0.2) is 4.39 Å². The molecule has 0 aliphatic carbocycles. The first-order valence-electron chi connectivity index (χ1n) is 5.31. The SMILES string of the molecule is Nc1ccc(C(=O)Nc2cc(F)cc(Cl)c2)cc1O. The summed E-state index contributed by atoms with van der Waals surface area (Å²) in [7, 11) is 0. The number of hydrogen-bond acceptors (Lipinski definition) is 3. The molecule has 0 aromatic heterocycles. The molecule has 2 aromatic rings. The van der Waals surface area contributed by atoms with Crippen LogP contribution in [0.1, 0.15) is 10.4 Å². The normalized spacial score (nSPS) is 10.2. The number of nitrogen functional groups attached to an aromatic ring is 1. The van der Waals surface area contributed by atoms with Crippen LogP contribution >= 0.6 is 11.6 Å². The predicted molar refractivity (Wildman–Crippen MR) is 71.9 cm³/mol. The Morgan fingerprint density at radius 2 is 2.00 bits per heavy atom. The third kappa shape index (κ3) is 3.14. The molecule has 0 bridgehead atoms. The molecular weight excluding hydrogens is 271 g/mol. The van der Waals surface area contributed by atoms with Crippen molar-refractivity contribution >= 4 is 28.9 Å². The van der Waals surface area contributed by atoms with E-state index >= 15 is 0 Å². The minimum atomic E-state index is -0.553. The standard InChI is InChI=1S/C13H10ClFN2O2/c14-8-4-9(15)6-10(5-8)17-13(19)7-1-2-11(16)12(18)3-7/h1-6,18H,16H2,(H,17,19). The number of carbonyl (C=O) groups excluding carboxylic acids is 1. The summed E-state index contributed by atoms with van der Waals surface area (Å²) in [6.45, 7) is 0. The lowest BCUT2D eigenvalue weighted by atomic mass is 10.1. The maximum absolute atomic E-state index is 13.1. The molecule has 0 saturated heterocycles. The van der Waals surface area contributed by atoms with Crippen LogP contribution in [0.25, 0.3) is 0 Å². The lowest BCUT2D eigenvalue weighted by molar-refractivity contribution is 0.102. The molecule has 0 aliphatic heterocycles. The van der Waals surface area contributed by atoms with Crippen LogP contribution in [-0.4, -0.2) is 11.0 Å². The van der Waals surface area contributed by atoms with Gasteiger partial charge in [0.15, 0.2) is 0 Å². The van der Waals surface area contributed by atoms with Crippen molar-refractivity contribution in [2.75, 3.05) is 11.1 Å². The summed E-state index contributed by atoms with van der Waals surface area (Å²) in [4.78, 5) is 11.9. The molecule has 0 spiro atoms. The molecule has 0 unspecified atom stereocenters. The number of anilines is 2. The van der Waals surface area contributed by atoms with Crippen LogP contribution in [0.3, 0.4) is 0 Å². The number of phenolic OH excluding ortho intramolecular Hbond substituents is 1. The summed E-state index contributed by atoms with van der Waals surface area (Å²) in [5.74, 6) is -1.25. The summed E-state index contributed by atoms with van der Waals surface area (Å²) in [5.41, 5.74) is 6.03. The summed E-state index contributed by atoms with van der Waals surface area (Å²) < 4.78 is 13.1. The van der Waals surface area contributed by atoms with Crippen molar-refractivity contribution in [2.24, 2.45) is 0 Å². The monoisotopic (exact) mass is 280 g/mol. The van der Waals surface area contributed by atoms with Crippen LogP contribution in [0.2, 0.25) is 5.02 Å². The molecule has 1 amide bonds. The van der Waals surface area contributed by atoms with E-state index in [4.69, 9.17) is 17.3 Å². The Bertz CT molecular complexity index is 626. The zero-order valence-electron chi connectivity index (χ0n) is 9.65. The molecule has 2 rings (SSSR count). The zero-order valence-corrected chi connectivity index (χ0v) is 10.4. The van der Waals surface area contributed by atoms with Crippen LogP contribution in [-0.2, 0) is 0 Å². The van der Waals surface area contributed by atoms with E-state index in [2.05, 4.69) is 5.32 Å². The Hall–Kier alpha value is -2.27. The highest BCUT2D eigenvalue weighted by Gasteiger charge is 2.09. The fraction of sp³-hybridized carbons (Fsp3) is 0. The van der Waals surface area contributed by atoms with Crippen LogP contribution in [0.5, 0.6) is 5.75 Å². The van der Waals surface area contributed by atoms with E-state index in [0.717, 1.165) is 12.1 Å². The molecule has 0 radical (unpaired) electrons. The molecule has 0 aliphatic rings. The number of benzene rings is 2. The molecule has 6 heteroatoms. The van der Waals surface area contributed by atoms with E-state index in [1.54, 1.807) is 0 Å². The number of rotatable bonds is 2. The van der Waals surface area contributed by atoms with Crippen molar-refractivity contribution in [3.8, 4) is 5.75 Å². The predicted octanol–water partition coefficient (Wildman–Crippen LogP) is 3.02. The molecule has 0 atom stereocenters. The minimum absolute atomic E-state index is 0.172. The van der Waals surface area contributed by atoms with Gasteiger partial charge in [-0.05, 0) is 36.4 Å². The molecule has 0 heterocycles. The minimum Gasteiger partial charge on any atom is -0.506 e. The van der Waals surface area contributed by atoms with Gasteiger partial charge >= 0.3 is 0 Å². The fourth-order valence-electron chi connectivity index (χ4n) is 1.51. The number of halogens is 2. The van der Waals surface area contributed by atoms with Crippen molar-refractivity contribution in [2.45, 2.75) is 0 Å². The van der Waals surface area contributed by atoms with E-state index in [1.807, 2.05) is 0 Å². The van der Waals surface area contributed by atoms with E-state index in [1.165, 1.54) is 24.3 Å². The Morgan fingerprint density at radius 1 is 1.26 bits per heavy atom. The molecule has 4 nitrogen and oxygen atoms in total. The van der Waals surface area contributed by atoms with Crippen LogP contribution in [0.15, 0.2) is 36.4 Å². The summed E-state index contributed by atoms with van der Waals surface area (Å²) >= 11 is 5.68. The third-order valence-corrected chi connectivity index (χ3v) is 2.63. The van der Waals surface area contributed by atoms with Gasteiger partial charge in [-0.2, -0.15) is 0 Å². The lowest BCUT2D eigenvalue weighted by Crippen LogP contribution is -2.12. The number of phenols is 1. The van der Waals surface area contributed by atoms with Gasteiger partial charge in [-0.1, -0.05) is 11.6 Å². The summed E-state index contributed by atoms with van der Waals surface area (Å²) in [5, 5.41) is 12.1. The van der Waals surface area contributed by atoms with Crippen molar-refractivity contribution in [1.82, 2.24) is 0 Å². The Balaban J connectivity index is 2.22. The Kier molecular flexibility index (Phi) is 3.57. The smallest absolute Gasteiger partial charge is 0.255 e. The second kappa shape index (κ2) is 5.16. The fourth-order valence-corrected chi connectivity index (χ4v) is 1.74. The number of hydrogen-bond donors (Lipinski definition) is 3. The van der Waals surface area contributed by atoms with Crippen molar-refractivity contribution in [1.29, 1.82) is 0 Å². The van der Waals surface area contributed by atoms with Gasteiger partial charge in [0.1, 0.15) is 11.6 Å². The van der Waals surface area contributed by atoms with Crippen molar-refractivity contribution < 1.29 is 14.3 Å². The first-order valence-corrected chi connectivity index (χ1v) is 5.69. The van der Waals surface area contributed by atoms with E-state index in [9.17, 15) is 14.3 Å². The Labute approximate surface area is 113 Å². The maximum atomic E-state index is 13.1. The van der Waals surface area contributed by atoms with Gasteiger partial charge in [0.2, 0.25) is 0 Å². The van der Waals surface area contributed by atoms with Crippen molar-refractivity contribution in [3.63, 3.8) is 0 Å². The molecule has 4 N–H and O–H groups in total. The van der Waals surface area contributed by atoms with E-state index in [0.29, 0.717) is 0 Å². The number of nitrogens with two attached hydrogens (primary N) is 1. The van der Waals surface area contributed by atoms with Crippen LogP contribution < -0.4 is 11.1 Å². The van der Waals surface area contributed by atoms with E-state index in [-0.39, 0.29) is 27.7 Å². The second-order valence-corrected chi connectivity index (χ2v) is 4.32. The summed E-state index contributed by atoms with van der Waals surface area (Å²) in [6.07, 6.45) is 0. The number of aromatic hydroxyl groups is 1. The van der Waals surface area contributed by atoms with Gasteiger partial charge in [0.05, 0.1) is 5.69 Å². The number of amides is 1. The highest BCUT2D eigenvalue weighted by Crippen LogP contribution is 2.22. The lowest BCUT2D eigenvalue weighted by Gasteiger charge is -2.07. The molecule has 98 valence electrons. The van der Waals surface area contributed by atoms with Crippen molar-refractivity contribution in [3.05, 3.63) is 52.8 Å². The molecule has 0 saturated carbocycles.